The van der Waals surface area contributed by atoms with E-state index in [1.165, 1.54) is 31.3 Å². The summed E-state index contributed by atoms with van der Waals surface area (Å²) in [7, 11) is 0. The molecule has 0 N–H and O–H groups in total. The molecule has 26 heavy (non-hydrogen) atoms. The van der Waals surface area contributed by atoms with Gasteiger partial charge in [-0.25, -0.2) is 0 Å². The van der Waals surface area contributed by atoms with Crippen LogP contribution in [0.2, 0.25) is 0 Å². The van der Waals surface area contributed by atoms with Crippen LogP contribution in [0, 0.1) is 28.6 Å². The van der Waals surface area contributed by atoms with Crippen LogP contribution >= 0.6 is 0 Å². The highest BCUT2D eigenvalue weighted by molar-refractivity contribution is 5.91. The van der Waals surface area contributed by atoms with Crippen LogP contribution in [0.5, 0.6) is 0 Å². The summed E-state index contributed by atoms with van der Waals surface area (Å²) in [5.74, 6) is 2.51. The van der Waals surface area contributed by atoms with E-state index in [-0.39, 0.29) is 22.4 Å². The van der Waals surface area contributed by atoms with E-state index in [4.69, 9.17) is 4.74 Å². The van der Waals surface area contributed by atoms with Gasteiger partial charge in [-0.1, -0.05) is 19.4 Å². The molecule has 5 aliphatic rings. The standard InChI is InChI=1S/C23H32O3/c1-21-11-7-16(24)14-15(21)5-6-17-18(21)8-12-22(2)19(17)9-13-23(22)10-3-4-20(25)26-23/h14,17-19H,3-13H2,1-2H3. The maximum absolute atomic E-state index is 12.1. The molecule has 6 atom stereocenters. The first-order valence-electron chi connectivity index (χ1n) is 10.8. The van der Waals surface area contributed by atoms with E-state index >= 15 is 0 Å². The Kier molecular flexibility index (Phi) is 3.57. The van der Waals surface area contributed by atoms with Crippen molar-refractivity contribution in [1.82, 2.24) is 0 Å². The van der Waals surface area contributed by atoms with Crippen molar-refractivity contribution < 1.29 is 14.3 Å². The van der Waals surface area contributed by atoms with E-state index in [1.54, 1.807) is 0 Å². The zero-order valence-electron chi connectivity index (χ0n) is 16.3. The molecule has 1 heterocycles. The summed E-state index contributed by atoms with van der Waals surface area (Å²) in [5.41, 5.74) is 1.65. The van der Waals surface area contributed by atoms with Crippen molar-refractivity contribution in [2.24, 2.45) is 28.6 Å². The number of carbonyl (C=O) groups excluding carboxylic acids is 2. The number of hydrogen-bond donors (Lipinski definition) is 0. The average molecular weight is 357 g/mol. The fourth-order valence-corrected chi connectivity index (χ4v) is 8.07. The predicted octanol–water partition coefficient (Wildman–Crippen LogP) is 4.98. The Labute approximate surface area is 156 Å². The van der Waals surface area contributed by atoms with Gasteiger partial charge in [-0.15, -0.1) is 0 Å². The molecular weight excluding hydrogens is 324 g/mol. The summed E-state index contributed by atoms with van der Waals surface area (Å²) in [6.07, 6.45) is 13.5. The fourth-order valence-electron chi connectivity index (χ4n) is 8.07. The average Bonchev–Trinajstić information content (AvgIpc) is 2.88. The molecule has 5 rings (SSSR count). The molecule has 0 amide bonds. The van der Waals surface area contributed by atoms with Crippen LogP contribution in [0.4, 0.5) is 0 Å². The van der Waals surface area contributed by atoms with Crippen molar-refractivity contribution in [3.63, 3.8) is 0 Å². The van der Waals surface area contributed by atoms with Crippen LogP contribution in [-0.2, 0) is 14.3 Å². The molecule has 1 aliphatic heterocycles. The Bertz CT molecular complexity index is 694. The number of fused-ring (bicyclic) bond motifs is 6. The number of ketones is 1. The van der Waals surface area contributed by atoms with Crippen LogP contribution in [0.3, 0.4) is 0 Å². The Morgan fingerprint density at radius 2 is 1.73 bits per heavy atom. The molecule has 4 aliphatic carbocycles. The van der Waals surface area contributed by atoms with E-state index in [1.807, 2.05) is 6.08 Å². The van der Waals surface area contributed by atoms with Crippen molar-refractivity contribution >= 4 is 11.8 Å². The summed E-state index contributed by atoms with van der Waals surface area (Å²) in [5, 5.41) is 0. The van der Waals surface area contributed by atoms with Crippen molar-refractivity contribution in [3.05, 3.63) is 11.6 Å². The molecule has 6 unspecified atom stereocenters. The topological polar surface area (TPSA) is 43.4 Å². The SMILES string of the molecule is CC12CCC(=O)C=C1CCC1C2CCC2(C)C1CCC21CCCC(=O)O1. The van der Waals surface area contributed by atoms with E-state index in [0.29, 0.717) is 24.0 Å². The van der Waals surface area contributed by atoms with Crippen molar-refractivity contribution in [2.45, 2.75) is 90.1 Å². The van der Waals surface area contributed by atoms with E-state index in [9.17, 15) is 9.59 Å². The minimum absolute atomic E-state index is 0.0341. The van der Waals surface area contributed by atoms with Crippen molar-refractivity contribution in [3.8, 4) is 0 Å². The summed E-state index contributed by atoms with van der Waals surface area (Å²) in [6, 6.07) is 0. The van der Waals surface area contributed by atoms with Crippen LogP contribution in [0.25, 0.3) is 0 Å². The first-order chi connectivity index (χ1) is 12.4. The monoisotopic (exact) mass is 356 g/mol. The van der Waals surface area contributed by atoms with Gasteiger partial charge in [0.25, 0.3) is 0 Å². The predicted molar refractivity (Wildman–Crippen MR) is 99.4 cm³/mol. The normalized spacial score (nSPS) is 50.5. The summed E-state index contributed by atoms with van der Waals surface area (Å²) in [4.78, 5) is 24.1. The van der Waals surface area contributed by atoms with Crippen LogP contribution in [0.15, 0.2) is 11.6 Å². The highest BCUT2D eigenvalue weighted by Gasteiger charge is 2.66. The highest BCUT2D eigenvalue weighted by atomic mass is 16.6. The van der Waals surface area contributed by atoms with Gasteiger partial charge in [-0.2, -0.15) is 0 Å². The van der Waals surface area contributed by atoms with Crippen LogP contribution in [0.1, 0.15) is 84.5 Å². The lowest BCUT2D eigenvalue weighted by atomic mass is 9.46. The number of ether oxygens (including phenoxy) is 1. The second-order valence-corrected chi connectivity index (χ2v) is 10.3. The van der Waals surface area contributed by atoms with Gasteiger partial charge in [0.1, 0.15) is 5.60 Å². The second-order valence-electron chi connectivity index (χ2n) is 10.3. The third kappa shape index (κ3) is 2.06. The van der Waals surface area contributed by atoms with Gasteiger partial charge in [0.15, 0.2) is 5.78 Å². The second kappa shape index (κ2) is 5.45. The fraction of sp³-hybridized carbons (Fsp3) is 0.826. The molecule has 0 aromatic heterocycles. The Morgan fingerprint density at radius 3 is 2.54 bits per heavy atom. The molecule has 3 nitrogen and oxygen atoms in total. The first kappa shape index (κ1) is 17.0. The molecule has 142 valence electrons. The van der Waals surface area contributed by atoms with Gasteiger partial charge in [0.05, 0.1) is 0 Å². The molecule has 4 fully saturated rings. The Hall–Kier alpha value is -1.12. The minimum Gasteiger partial charge on any atom is -0.458 e. The zero-order chi connectivity index (χ0) is 18.2. The number of hydrogen-bond acceptors (Lipinski definition) is 3. The third-order valence-corrected chi connectivity index (χ3v) is 9.52. The first-order valence-corrected chi connectivity index (χ1v) is 10.8. The van der Waals surface area contributed by atoms with Gasteiger partial charge < -0.3 is 4.74 Å². The molecule has 1 saturated heterocycles. The molecule has 0 bridgehead atoms. The van der Waals surface area contributed by atoms with Gasteiger partial charge in [-0.05, 0) is 87.0 Å². The number of rotatable bonds is 0. The van der Waals surface area contributed by atoms with Crippen molar-refractivity contribution in [2.75, 3.05) is 0 Å². The van der Waals surface area contributed by atoms with E-state index < -0.39 is 0 Å². The number of esters is 1. The van der Waals surface area contributed by atoms with Gasteiger partial charge >= 0.3 is 5.97 Å². The molecule has 3 saturated carbocycles. The Balaban J connectivity index is 1.48. The lowest BCUT2D eigenvalue weighted by Gasteiger charge is -2.60. The number of allylic oxidation sites excluding steroid dienone is 1. The van der Waals surface area contributed by atoms with Crippen LogP contribution in [-0.4, -0.2) is 17.4 Å². The zero-order valence-corrected chi connectivity index (χ0v) is 16.3. The van der Waals surface area contributed by atoms with Gasteiger partial charge in [0.2, 0.25) is 0 Å². The molecule has 3 heteroatoms. The summed E-state index contributed by atoms with van der Waals surface area (Å²) < 4.78 is 6.14. The molecular formula is C23H32O3. The highest BCUT2D eigenvalue weighted by Crippen LogP contribution is 2.69. The lowest BCUT2D eigenvalue weighted by molar-refractivity contribution is -0.194. The smallest absolute Gasteiger partial charge is 0.306 e. The lowest BCUT2D eigenvalue weighted by Crippen LogP contribution is -2.56. The maximum atomic E-state index is 12.1. The molecule has 1 spiro atoms. The third-order valence-electron chi connectivity index (χ3n) is 9.52. The largest absolute Gasteiger partial charge is 0.458 e. The summed E-state index contributed by atoms with van der Waals surface area (Å²) >= 11 is 0. The molecule has 0 aromatic rings. The van der Waals surface area contributed by atoms with Gasteiger partial charge in [-0.3, -0.25) is 9.59 Å². The number of carbonyl (C=O) groups is 2. The van der Waals surface area contributed by atoms with Crippen molar-refractivity contribution in [1.29, 1.82) is 0 Å². The van der Waals surface area contributed by atoms with Crippen LogP contribution < -0.4 is 0 Å². The molecule has 0 radical (unpaired) electrons. The summed E-state index contributed by atoms with van der Waals surface area (Å²) in [6.45, 7) is 4.88. The van der Waals surface area contributed by atoms with Gasteiger partial charge in [0, 0.05) is 18.3 Å². The van der Waals surface area contributed by atoms with E-state index in [2.05, 4.69) is 13.8 Å². The minimum atomic E-state index is -0.183. The Morgan fingerprint density at radius 1 is 0.923 bits per heavy atom. The molecule has 0 aromatic carbocycles. The maximum Gasteiger partial charge on any atom is 0.306 e. The van der Waals surface area contributed by atoms with E-state index in [0.717, 1.165) is 44.4 Å². The quantitative estimate of drug-likeness (QED) is 0.575.